The van der Waals surface area contributed by atoms with Crippen molar-refractivity contribution in [3.8, 4) is 0 Å². The standard InChI is InChI=1S/C18H13F3N4O/c19-12-6-4-11(5-7-12)10-22-18(26)15-8-9-16(25-24-15)23-17-13(20)2-1-3-14(17)21/h1-9H,10H2,(H,22,26)(H,23,25). The fourth-order valence-electron chi connectivity index (χ4n) is 2.14. The summed E-state index contributed by atoms with van der Waals surface area (Å²) in [6.07, 6.45) is 0. The molecule has 0 saturated heterocycles. The zero-order valence-electron chi connectivity index (χ0n) is 13.3. The molecular formula is C18H13F3N4O. The van der Waals surface area contributed by atoms with Crippen molar-refractivity contribution in [3.05, 3.63) is 83.3 Å². The zero-order valence-corrected chi connectivity index (χ0v) is 13.3. The first kappa shape index (κ1) is 17.4. The van der Waals surface area contributed by atoms with Crippen LogP contribution in [-0.4, -0.2) is 16.1 Å². The number of rotatable bonds is 5. The summed E-state index contributed by atoms with van der Waals surface area (Å²) in [4.78, 5) is 12.0. The topological polar surface area (TPSA) is 66.9 Å². The number of halogens is 3. The third-order valence-electron chi connectivity index (χ3n) is 3.48. The number of hydrogen-bond acceptors (Lipinski definition) is 4. The Bertz CT molecular complexity index is 894. The molecule has 1 amide bonds. The molecule has 0 aliphatic heterocycles. The molecule has 0 spiro atoms. The lowest BCUT2D eigenvalue weighted by molar-refractivity contribution is 0.0945. The lowest BCUT2D eigenvalue weighted by Crippen LogP contribution is -2.24. The van der Waals surface area contributed by atoms with Gasteiger partial charge in [0.2, 0.25) is 0 Å². The van der Waals surface area contributed by atoms with Crippen molar-refractivity contribution >= 4 is 17.4 Å². The van der Waals surface area contributed by atoms with E-state index < -0.39 is 17.5 Å². The Morgan fingerprint density at radius 1 is 0.885 bits per heavy atom. The van der Waals surface area contributed by atoms with Crippen LogP contribution < -0.4 is 10.6 Å². The minimum absolute atomic E-state index is 0.0340. The first-order valence-corrected chi connectivity index (χ1v) is 7.60. The van der Waals surface area contributed by atoms with Gasteiger partial charge in [-0.25, -0.2) is 13.2 Å². The van der Waals surface area contributed by atoms with Crippen LogP contribution >= 0.6 is 0 Å². The number of carbonyl (C=O) groups excluding carboxylic acids is 1. The Hall–Kier alpha value is -3.42. The van der Waals surface area contributed by atoms with Crippen molar-refractivity contribution in [1.82, 2.24) is 15.5 Å². The minimum Gasteiger partial charge on any atom is -0.347 e. The van der Waals surface area contributed by atoms with E-state index in [2.05, 4.69) is 20.8 Å². The number of anilines is 2. The summed E-state index contributed by atoms with van der Waals surface area (Å²) in [7, 11) is 0. The lowest BCUT2D eigenvalue weighted by atomic mass is 10.2. The van der Waals surface area contributed by atoms with Gasteiger partial charge in [0.05, 0.1) is 0 Å². The van der Waals surface area contributed by atoms with Crippen LogP contribution in [0.25, 0.3) is 0 Å². The first-order valence-electron chi connectivity index (χ1n) is 7.60. The molecule has 0 aliphatic rings. The Morgan fingerprint density at radius 3 is 2.19 bits per heavy atom. The second kappa shape index (κ2) is 7.64. The summed E-state index contributed by atoms with van der Waals surface area (Å²) in [6.45, 7) is 0.196. The highest BCUT2D eigenvalue weighted by atomic mass is 19.1. The van der Waals surface area contributed by atoms with Crippen molar-refractivity contribution in [2.45, 2.75) is 6.54 Å². The van der Waals surface area contributed by atoms with E-state index in [1.807, 2.05) is 0 Å². The molecule has 8 heteroatoms. The van der Waals surface area contributed by atoms with Crippen molar-refractivity contribution < 1.29 is 18.0 Å². The highest BCUT2D eigenvalue weighted by Gasteiger charge is 2.11. The number of carbonyl (C=O) groups is 1. The quantitative estimate of drug-likeness (QED) is 0.732. The molecule has 1 heterocycles. The molecule has 26 heavy (non-hydrogen) atoms. The van der Waals surface area contributed by atoms with Crippen LogP contribution in [0, 0.1) is 17.5 Å². The monoisotopic (exact) mass is 358 g/mol. The molecular weight excluding hydrogens is 345 g/mol. The second-order valence-electron chi connectivity index (χ2n) is 5.33. The summed E-state index contributed by atoms with van der Waals surface area (Å²) < 4.78 is 40.0. The molecule has 5 nitrogen and oxygen atoms in total. The molecule has 0 unspecified atom stereocenters. The Labute approximate surface area is 146 Å². The fourth-order valence-corrected chi connectivity index (χ4v) is 2.14. The van der Waals surface area contributed by atoms with E-state index in [-0.39, 0.29) is 29.6 Å². The smallest absolute Gasteiger partial charge is 0.272 e. The molecule has 0 radical (unpaired) electrons. The van der Waals surface area contributed by atoms with E-state index in [9.17, 15) is 18.0 Å². The van der Waals surface area contributed by atoms with E-state index in [1.165, 1.54) is 30.3 Å². The fraction of sp³-hybridized carbons (Fsp3) is 0.0556. The summed E-state index contributed by atoms with van der Waals surface area (Å²) >= 11 is 0. The average molecular weight is 358 g/mol. The number of para-hydroxylation sites is 1. The molecule has 1 aromatic heterocycles. The summed E-state index contributed by atoms with van der Waals surface area (Å²) in [5.74, 6) is -2.30. The van der Waals surface area contributed by atoms with Crippen molar-refractivity contribution in [2.75, 3.05) is 5.32 Å². The van der Waals surface area contributed by atoms with Crippen LogP contribution in [0.3, 0.4) is 0 Å². The zero-order chi connectivity index (χ0) is 18.5. The van der Waals surface area contributed by atoms with Crippen LogP contribution in [0.5, 0.6) is 0 Å². The van der Waals surface area contributed by atoms with Crippen LogP contribution in [0.15, 0.2) is 54.6 Å². The third-order valence-corrected chi connectivity index (χ3v) is 3.48. The highest BCUT2D eigenvalue weighted by molar-refractivity contribution is 5.92. The molecule has 3 aromatic rings. The van der Waals surface area contributed by atoms with Gasteiger partial charge in [-0.3, -0.25) is 4.79 Å². The van der Waals surface area contributed by atoms with Gasteiger partial charge in [-0.05, 0) is 42.0 Å². The normalized spacial score (nSPS) is 10.4. The molecule has 0 fully saturated rings. The molecule has 0 saturated carbocycles. The van der Waals surface area contributed by atoms with E-state index in [0.717, 1.165) is 17.7 Å². The summed E-state index contributed by atoms with van der Waals surface area (Å²) in [5, 5.41) is 12.6. The molecule has 2 N–H and O–H groups in total. The highest BCUT2D eigenvalue weighted by Crippen LogP contribution is 2.21. The number of amides is 1. The van der Waals surface area contributed by atoms with Crippen LogP contribution in [0.2, 0.25) is 0 Å². The lowest BCUT2D eigenvalue weighted by Gasteiger charge is -2.08. The van der Waals surface area contributed by atoms with Crippen LogP contribution in [0.1, 0.15) is 16.1 Å². The van der Waals surface area contributed by atoms with Gasteiger partial charge in [0.1, 0.15) is 23.1 Å². The van der Waals surface area contributed by atoms with Crippen LogP contribution in [-0.2, 0) is 6.54 Å². The molecule has 0 atom stereocenters. The van der Waals surface area contributed by atoms with Gasteiger partial charge >= 0.3 is 0 Å². The Morgan fingerprint density at radius 2 is 1.58 bits per heavy atom. The Kier molecular flexibility index (Phi) is 5.12. The van der Waals surface area contributed by atoms with Gasteiger partial charge in [-0.15, -0.1) is 10.2 Å². The van der Waals surface area contributed by atoms with Crippen LogP contribution in [0.4, 0.5) is 24.7 Å². The number of aromatic nitrogens is 2. The predicted molar refractivity (Wildman–Crippen MR) is 89.2 cm³/mol. The maximum absolute atomic E-state index is 13.6. The van der Waals surface area contributed by atoms with Gasteiger partial charge in [0.15, 0.2) is 11.5 Å². The van der Waals surface area contributed by atoms with Crippen molar-refractivity contribution in [1.29, 1.82) is 0 Å². The molecule has 0 bridgehead atoms. The van der Waals surface area contributed by atoms with Gasteiger partial charge in [-0.2, -0.15) is 0 Å². The number of nitrogens with zero attached hydrogens (tertiary/aromatic N) is 2. The molecule has 132 valence electrons. The maximum Gasteiger partial charge on any atom is 0.272 e. The van der Waals surface area contributed by atoms with Crippen molar-refractivity contribution in [2.24, 2.45) is 0 Å². The number of nitrogens with one attached hydrogen (secondary N) is 2. The SMILES string of the molecule is O=C(NCc1ccc(F)cc1)c1ccc(Nc2c(F)cccc2F)nn1. The third kappa shape index (κ3) is 4.15. The molecule has 2 aromatic carbocycles. The Balaban J connectivity index is 1.63. The van der Waals surface area contributed by atoms with Crippen molar-refractivity contribution in [3.63, 3.8) is 0 Å². The first-order chi connectivity index (χ1) is 12.5. The molecule has 0 aliphatic carbocycles. The van der Waals surface area contributed by atoms with Gasteiger partial charge in [-0.1, -0.05) is 18.2 Å². The number of benzene rings is 2. The van der Waals surface area contributed by atoms with E-state index in [1.54, 1.807) is 12.1 Å². The summed E-state index contributed by atoms with van der Waals surface area (Å²) in [6, 6.07) is 11.9. The van der Waals surface area contributed by atoms with Gasteiger partial charge < -0.3 is 10.6 Å². The average Bonchev–Trinajstić information content (AvgIpc) is 2.65. The maximum atomic E-state index is 13.6. The second-order valence-corrected chi connectivity index (χ2v) is 5.33. The number of hydrogen-bond donors (Lipinski definition) is 2. The van der Waals surface area contributed by atoms with Gasteiger partial charge in [0.25, 0.3) is 5.91 Å². The predicted octanol–water partition coefficient (Wildman–Crippen LogP) is 3.57. The minimum atomic E-state index is -0.770. The van der Waals surface area contributed by atoms with Gasteiger partial charge in [0, 0.05) is 6.54 Å². The largest absolute Gasteiger partial charge is 0.347 e. The van der Waals surface area contributed by atoms with E-state index in [4.69, 9.17) is 0 Å². The molecule has 3 rings (SSSR count). The van der Waals surface area contributed by atoms with E-state index >= 15 is 0 Å². The van der Waals surface area contributed by atoms with E-state index in [0.29, 0.717) is 0 Å². The summed E-state index contributed by atoms with van der Waals surface area (Å²) in [5.41, 5.74) is 0.406.